The van der Waals surface area contributed by atoms with E-state index in [0.717, 1.165) is 32.9 Å². The molecule has 3 aromatic rings. The van der Waals surface area contributed by atoms with E-state index in [1.807, 2.05) is 18.3 Å². The van der Waals surface area contributed by atoms with Crippen LogP contribution in [0.1, 0.15) is 25.0 Å². The molecule has 2 aliphatic rings. The molecule has 1 spiro atoms. The van der Waals surface area contributed by atoms with E-state index < -0.39 is 5.72 Å². The van der Waals surface area contributed by atoms with Gasteiger partial charge in [0.2, 0.25) is 5.72 Å². The van der Waals surface area contributed by atoms with E-state index in [9.17, 15) is 0 Å². The first kappa shape index (κ1) is 15.7. The molecule has 0 radical (unpaired) electrons. The Balaban J connectivity index is 1.74. The molecule has 2 aliphatic heterocycles. The van der Waals surface area contributed by atoms with Crippen LogP contribution in [0.3, 0.4) is 0 Å². The van der Waals surface area contributed by atoms with Crippen LogP contribution in [0.2, 0.25) is 5.02 Å². The van der Waals surface area contributed by atoms with Crippen LogP contribution < -0.4 is 9.64 Å². The Morgan fingerprint density at radius 3 is 2.81 bits per heavy atom. The van der Waals surface area contributed by atoms with E-state index >= 15 is 0 Å². The van der Waals surface area contributed by atoms with E-state index in [0.29, 0.717) is 0 Å². The predicted molar refractivity (Wildman–Crippen MR) is 107 cm³/mol. The van der Waals surface area contributed by atoms with Crippen LogP contribution in [0.5, 0.6) is 5.75 Å². The Bertz CT molecular complexity index is 1090. The van der Waals surface area contributed by atoms with Crippen LogP contribution >= 0.6 is 11.6 Å². The molecule has 4 heteroatoms. The van der Waals surface area contributed by atoms with Gasteiger partial charge < -0.3 is 9.64 Å². The molecule has 26 heavy (non-hydrogen) atoms. The number of hydrogen-bond donors (Lipinski definition) is 0. The molecular weight excluding hydrogens is 344 g/mol. The Morgan fingerprint density at radius 2 is 1.96 bits per heavy atom. The molecule has 0 N–H and O–H groups in total. The summed E-state index contributed by atoms with van der Waals surface area (Å²) in [5.41, 5.74) is 3.37. The highest BCUT2D eigenvalue weighted by Crippen LogP contribution is 2.55. The summed E-state index contributed by atoms with van der Waals surface area (Å²) in [7, 11) is 2.08. The molecule has 0 amide bonds. The van der Waals surface area contributed by atoms with Gasteiger partial charge in [0.05, 0.1) is 5.41 Å². The van der Waals surface area contributed by atoms with E-state index in [1.165, 1.54) is 5.56 Å². The first-order valence-electron chi connectivity index (χ1n) is 8.74. The topological polar surface area (TPSA) is 25.4 Å². The number of fused-ring (bicyclic) bond motifs is 4. The van der Waals surface area contributed by atoms with Crippen LogP contribution in [0.15, 0.2) is 54.7 Å². The van der Waals surface area contributed by atoms with Gasteiger partial charge in [-0.15, -0.1) is 0 Å². The molecule has 0 fully saturated rings. The van der Waals surface area contributed by atoms with Gasteiger partial charge in [-0.25, -0.2) is 0 Å². The minimum atomic E-state index is -0.626. The van der Waals surface area contributed by atoms with Crippen molar-refractivity contribution >= 4 is 34.3 Å². The number of pyridine rings is 1. The van der Waals surface area contributed by atoms with Gasteiger partial charge in [-0.2, -0.15) is 0 Å². The van der Waals surface area contributed by atoms with Crippen LogP contribution in [0.25, 0.3) is 17.0 Å². The summed E-state index contributed by atoms with van der Waals surface area (Å²) in [6.45, 7) is 4.42. The lowest BCUT2D eigenvalue weighted by Crippen LogP contribution is -2.58. The second kappa shape index (κ2) is 5.01. The van der Waals surface area contributed by atoms with Crippen molar-refractivity contribution in [3.8, 4) is 5.75 Å². The van der Waals surface area contributed by atoms with Crippen molar-refractivity contribution in [2.24, 2.45) is 0 Å². The molecule has 3 nitrogen and oxygen atoms in total. The quantitative estimate of drug-likeness (QED) is 0.534. The summed E-state index contributed by atoms with van der Waals surface area (Å²) in [6.07, 6.45) is 6.13. The molecule has 0 bridgehead atoms. The van der Waals surface area contributed by atoms with E-state index in [2.05, 4.69) is 73.3 Å². The minimum Gasteiger partial charge on any atom is -0.460 e. The van der Waals surface area contributed by atoms with Gasteiger partial charge in [-0.3, -0.25) is 4.98 Å². The average molecular weight is 363 g/mol. The number of likely N-dealkylation sites (N-methyl/N-ethyl adjacent to an activating group) is 1. The molecular formula is C22H19ClN2O. The van der Waals surface area contributed by atoms with Crippen molar-refractivity contribution in [1.29, 1.82) is 0 Å². The zero-order valence-corrected chi connectivity index (χ0v) is 15.7. The molecule has 0 aliphatic carbocycles. The summed E-state index contributed by atoms with van der Waals surface area (Å²) in [4.78, 5) is 6.79. The Hall–Kier alpha value is -2.52. The minimum absolute atomic E-state index is 0.285. The van der Waals surface area contributed by atoms with Gasteiger partial charge in [-0.1, -0.05) is 29.8 Å². The molecule has 130 valence electrons. The fourth-order valence-corrected chi connectivity index (χ4v) is 4.55. The van der Waals surface area contributed by atoms with Gasteiger partial charge in [0, 0.05) is 34.9 Å². The predicted octanol–water partition coefficient (Wildman–Crippen LogP) is 5.42. The Morgan fingerprint density at radius 1 is 1.12 bits per heavy atom. The van der Waals surface area contributed by atoms with Crippen molar-refractivity contribution in [3.05, 3.63) is 70.9 Å². The second-order valence-corrected chi connectivity index (χ2v) is 7.97. The van der Waals surface area contributed by atoms with Crippen LogP contribution in [-0.4, -0.2) is 17.8 Å². The van der Waals surface area contributed by atoms with Gasteiger partial charge in [0.15, 0.2) is 5.75 Å². The Kier molecular flexibility index (Phi) is 3.03. The van der Waals surface area contributed by atoms with Crippen LogP contribution in [0, 0.1) is 0 Å². The highest BCUT2D eigenvalue weighted by Gasteiger charge is 2.57. The molecule has 0 saturated heterocycles. The maximum atomic E-state index is 6.78. The molecule has 2 aromatic carbocycles. The van der Waals surface area contributed by atoms with Crippen LogP contribution in [0.4, 0.5) is 5.69 Å². The molecule has 1 atom stereocenters. The zero-order chi connectivity index (χ0) is 18.1. The zero-order valence-electron chi connectivity index (χ0n) is 15.0. The molecule has 0 saturated carbocycles. The lowest BCUT2D eigenvalue weighted by Gasteiger charge is -2.45. The second-order valence-electron chi connectivity index (χ2n) is 7.54. The van der Waals surface area contributed by atoms with E-state index in [1.54, 1.807) is 0 Å². The third kappa shape index (κ3) is 1.81. The molecule has 1 aromatic heterocycles. The third-order valence-corrected chi connectivity index (χ3v) is 6.13. The van der Waals surface area contributed by atoms with Gasteiger partial charge in [0.25, 0.3) is 0 Å². The van der Waals surface area contributed by atoms with E-state index in [-0.39, 0.29) is 5.41 Å². The Labute approximate surface area is 157 Å². The SMILES string of the molecule is CN1c2ccc(Cl)cc2C(C)(C)C12C=Cc1ccc3cccnc3c1O2. The highest BCUT2D eigenvalue weighted by molar-refractivity contribution is 6.30. The van der Waals surface area contributed by atoms with Crippen molar-refractivity contribution in [2.45, 2.75) is 25.0 Å². The summed E-state index contributed by atoms with van der Waals surface area (Å²) in [5.74, 6) is 0.837. The number of halogens is 1. The number of aromatic nitrogens is 1. The lowest BCUT2D eigenvalue weighted by atomic mass is 9.76. The summed E-state index contributed by atoms with van der Waals surface area (Å²) < 4.78 is 6.78. The first-order valence-corrected chi connectivity index (χ1v) is 9.12. The number of ether oxygens (including phenoxy) is 1. The normalized spacial score (nSPS) is 22.4. The fraction of sp³-hybridized carbons (Fsp3) is 0.227. The molecule has 3 heterocycles. The van der Waals surface area contributed by atoms with Crippen molar-refractivity contribution in [3.63, 3.8) is 0 Å². The molecule has 1 unspecified atom stereocenters. The maximum Gasteiger partial charge on any atom is 0.211 e. The van der Waals surface area contributed by atoms with Crippen molar-refractivity contribution < 1.29 is 4.74 Å². The van der Waals surface area contributed by atoms with Crippen LogP contribution in [-0.2, 0) is 5.41 Å². The molecule has 5 rings (SSSR count). The highest BCUT2D eigenvalue weighted by atomic mass is 35.5. The number of hydrogen-bond acceptors (Lipinski definition) is 3. The average Bonchev–Trinajstić information content (AvgIpc) is 2.80. The van der Waals surface area contributed by atoms with Crippen molar-refractivity contribution in [2.75, 3.05) is 11.9 Å². The fourth-order valence-electron chi connectivity index (χ4n) is 4.37. The third-order valence-electron chi connectivity index (χ3n) is 5.89. The maximum absolute atomic E-state index is 6.78. The smallest absolute Gasteiger partial charge is 0.211 e. The van der Waals surface area contributed by atoms with Gasteiger partial charge in [0.1, 0.15) is 5.52 Å². The largest absolute Gasteiger partial charge is 0.460 e. The monoisotopic (exact) mass is 362 g/mol. The number of benzene rings is 2. The number of rotatable bonds is 0. The lowest BCUT2D eigenvalue weighted by molar-refractivity contribution is 0.0596. The van der Waals surface area contributed by atoms with Gasteiger partial charge >= 0.3 is 0 Å². The number of nitrogens with zero attached hydrogens (tertiary/aromatic N) is 2. The van der Waals surface area contributed by atoms with E-state index in [4.69, 9.17) is 16.3 Å². The number of anilines is 1. The van der Waals surface area contributed by atoms with Crippen molar-refractivity contribution in [1.82, 2.24) is 4.98 Å². The summed E-state index contributed by atoms with van der Waals surface area (Å²) in [6, 6.07) is 14.3. The summed E-state index contributed by atoms with van der Waals surface area (Å²) >= 11 is 6.30. The van der Waals surface area contributed by atoms with Gasteiger partial charge in [-0.05, 0) is 55.8 Å². The standard InChI is InChI=1S/C22H19ClN2O/c1-21(2)17-13-16(23)8-9-18(17)25(3)22(21)11-10-15-7-6-14-5-4-12-24-19(14)20(15)26-22/h4-13H,1-3H3. The first-order chi connectivity index (χ1) is 12.4. The summed E-state index contributed by atoms with van der Waals surface area (Å²) in [5, 5.41) is 1.82.